The zero-order chi connectivity index (χ0) is 15.0. The summed E-state index contributed by atoms with van der Waals surface area (Å²) in [5.41, 5.74) is 2.12. The molecule has 2 atom stereocenters. The van der Waals surface area contributed by atoms with Gasteiger partial charge in [-0.2, -0.15) is 4.31 Å². The minimum Gasteiger partial charge on any atom is -0.207 e. The van der Waals surface area contributed by atoms with Crippen molar-refractivity contribution in [1.82, 2.24) is 4.31 Å². The molecule has 0 spiro atoms. The van der Waals surface area contributed by atoms with Crippen molar-refractivity contribution >= 4 is 10.0 Å². The standard InChI is InChI=1S/C17H19NO2S/c1-13-8-10-16(11-9-13)21(19,20)18-12-14(2)17(18)15-6-4-3-5-7-15/h3-11,14,17H,12H2,1-2H3/t14?,17-/m1/s1. The monoisotopic (exact) mass is 301 g/mol. The van der Waals surface area contributed by atoms with Crippen LogP contribution in [-0.2, 0) is 10.0 Å². The third kappa shape index (κ3) is 2.49. The van der Waals surface area contributed by atoms with Gasteiger partial charge >= 0.3 is 0 Å². The molecule has 1 heterocycles. The van der Waals surface area contributed by atoms with Crippen LogP contribution in [0.15, 0.2) is 59.5 Å². The van der Waals surface area contributed by atoms with E-state index < -0.39 is 10.0 Å². The minimum absolute atomic E-state index is 0.0579. The van der Waals surface area contributed by atoms with Crippen LogP contribution in [0, 0.1) is 12.8 Å². The Labute approximate surface area is 126 Å². The largest absolute Gasteiger partial charge is 0.243 e. The van der Waals surface area contributed by atoms with Crippen LogP contribution in [0.2, 0.25) is 0 Å². The lowest BCUT2D eigenvalue weighted by molar-refractivity contribution is 0.116. The third-order valence-corrected chi connectivity index (χ3v) is 5.95. The number of benzene rings is 2. The summed E-state index contributed by atoms with van der Waals surface area (Å²) in [4.78, 5) is 0.376. The molecule has 110 valence electrons. The van der Waals surface area contributed by atoms with Crippen molar-refractivity contribution in [3.05, 3.63) is 65.7 Å². The molecule has 0 N–H and O–H groups in total. The Bertz CT molecular complexity index is 723. The van der Waals surface area contributed by atoms with Crippen LogP contribution in [-0.4, -0.2) is 19.3 Å². The quantitative estimate of drug-likeness (QED) is 0.871. The van der Waals surface area contributed by atoms with E-state index in [0.717, 1.165) is 11.1 Å². The van der Waals surface area contributed by atoms with E-state index >= 15 is 0 Å². The van der Waals surface area contributed by atoms with Gasteiger partial charge in [-0.05, 0) is 30.5 Å². The molecule has 1 aliphatic rings. The summed E-state index contributed by atoms with van der Waals surface area (Å²) in [7, 11) is -3.42. The maximum absolute atomic E-state index is 12.8. The third-order valence-electron chi connectivity index (χ3n) is 4.09. The van der Waals surface area contributed by atoms with Crippen LogP contribution in [0.25, 0.3) is 0 Å². The number of nitrogens with zero attached hydrogens (tertiary/aromatic N) is 1. The molecule has 0 amide bonds. The zero-order valence-corrected chi connectivity index (χ0v) is 13.0. The predicted molar refractivity (Wildman–Crippen MR) is 83.4 cm³/mol. The Balaban J connectivity index is 1.94. The van der Waals surface area contributed by atoms with Gasteiger partial charge in [0.25, 0.3) is 0 Å². The molecular formula is C17H19NO2S. The van der Waals surface area contributed by atoms with E-state index in [2.05, 4.69) is 6.92 Å². The first kappa shape index (κ1) is 14.3. The highest BCUT2D eigenvalue weighted by atomic mass is 32.2. The van der Waals surface area contributed by atoms with E-state index in [1.54, 1.807) is 16.4 Å². The van der Waals surface area contributed by atoms with Gasteiger partial charge in [-0.1, -0.05) is 55.0 Å². The molecule has 0 aromatic heterocycles. The van der Waals surface area contributed by atoms with Crippen molar-refractivity contribution in [3.63, 3.8) is 0 Å². The molecule has 3 rings (SSSR count). The van der Waals surface area contributed by atoms with E-state index in [1.807, 2.05) is 49.4 Å². The smallest absolute Gasteiger partial charge is 0.207 e. The average molecular weight is 301 g/mol. The molecule has 0 bridgehead atoms. The number of hydrogen-bond acceptors (Lipinski definition) is 2. The second kappa shape index (κ2) is 5.28. The first-order chi connectivity index (χ1) is 10.00. The first-order valence-corrected chi connectivity index (χ1v) is 8.57. The van der Waals surface area contributed by atoms with Crippen LogP contribution in [0.5, 0.6) is 0 Å². The van der Waals surface area contributed by atoms with Crippen molar-refractivity contribution in [2.45, 2.75) is 24.8 Å². The number of sulfonamides is 1. The maximum Gasteiger partial charge on any atom is 0.243 e. The van der Waals surface area contributed by atoms with Gasteiger partial charge in [0.15, 0.2) is 0 Å². The van der Waals surface area contributed by atoms with Crippen molar-refractivity contribution in [2.24, 2.45) is 5.92 Å². The molecule has 0 aliphatic carbocycles. The fourth-order valence-corrected chi connectivity index (χ4v) is 4.69. The molecule has 3 nitrogen and oxygen atoms in total. The molecule has 1 unspecified atom stereocenters. The van der Waals surface area contributed by atoms with Crippen molar-refractivity contribution in [1.29, 1.82) is 0 Å². The number of hydrogen-bond donors (Lipinski definition) is 0. The Morgan fingerprint density at radius 1 is 1.00 bits per heavy atom. The molecule has 1 saturated heterocycles. The van der Waals surface area contributed by atoms with Crippen LogP contribution in [0.3, 0.4) is 0 Å². The second-order valence-electron chi connectivity index (χ2n) is 5.72. The van der Waals surface area contributed by atoms with E-state index in [0.29, 0.717) is 17.4 Å². The molecule has 21 heavy (non-hydrogen) atoms. The normalized spacial score (nSPS) is 22.8. The van der Waals surface area contributed by atoms with E-state index in [9.17, 15) is 8.42 Å². The molecular weight excluding hydrogens is 282 g/mol. The molecule has 1 aliphatic heterocycles. The maximum atomic E-state index is 12.8. The van der Waals surface area contributed by atoms with Crippen LogP contribution in [0.1, 0.15) is 24.1 Å². The van der Waals surface area contributed by atoms with Gasteiger partial charge in [0, 0.05) is 6.54 Å². The summed E-state index contributed by atoms with van der Waals surface area (Å²) in [6.07, 6.45) is 0. The van der Waals surface area contributed by atoms with Crippen molar-refractivity contribution < 1.29 is 8.42 Å². The lowest BCUT2D eigenvalue weighted by Crippen LogP contribution is -2.51. The van der Waals surface area contributed by atoms with E-state index in [4.69, 9.17) is 0 Å². The van der Waals surface area contributed by atoms with Gasteiger partial charge in [0.1, 0.15) is 0 Å². The molecule has 4 heteroatoms. The predicted octanol–water partition coefficient (Wildman–Crippen LogP) is 3.38. The Hall–Kier alpha value is -1.65. The lowest BCUT2D eigenvalue weighted by atomic mass is 9.88. The molecule has 1 fully saturated rings. The number of rotatable bonds is 3. The van der Waals surface area contributed by atoms with Gasteiger partial charge in [-0.3, -0.25) is 0 Å². The second-order valence-corrected chi connectivity index (χ2v) is 7.61. The Morgan fingerprint density at radius 2 is 1.62 bits per heavy atom. The highest BCUT2D eigenvalue weighted by molar-refractivity contribution is 7.89. The highest BCUT2D eigenvalue weighted by Gasteiger charge is 2.44. The van der Waals surface area contributed by atoms with E-state index in [1.165, 1.54) is 0 Å². The first-order valence-electron chi connectivity index (χ1n) is 7.13. The summed E-state index contributed by atoms with van der Waals surface area (Å²) in [6.45, 7) is 4.63. The topological polar surface area (TPSA) is 37.4 Å². The summed E-state index contributed by atoms with van der Waals surface area (Å²) >= 11 is 0. The van der Waals surface area contributed by atoms with Crippen LogP contribution in [0.4, 0.5) is 0 Å². The Morgan fingerprint density at radius 3 is 2.19 bits per heavy atom. The summed E-state index contributed by atoms with van der Waals surface area (Å²) in [6, 6.07) is 16.9. The van der Waals surface area contributed by atoms with Gasteiger partial charge < -0.3 is 0 Å². The van der Waals surface area contributed by atoms with Crippen molar-refractivity contribution in [2.75, 3.05) is 6.54 Å². The zero-order valence-electron chi connectivity index (χ0n) is 12.2. The van der Waals surface area contributed by atoms with Gasteiger partial charge in [0.2, 0.25) is 10.0 Å². The minimum atomic E-state index is -3.42. The summed E-state index contributed by atoms with van der Waals surface area (Å²) < 4.78 is 27.2. The van der Waals surface area contributed by atoms with Crippen molar-refractivity contribution in [3.8, 4) is 0 Å². The van der Waals surface area contributed by atoms with Crippen LogP contribution >= 0.6 is 0 Å². The number of aryl methyl sites for hydroxylation is 1. The Kier molecular flexibility index (Phi) is 3.59. The van der Waals surface area contributed by atoms with Gasteiger partial charge in [0.05, 0.1) is 10.9 Å². The van der Waals surface area contributed by atoms with Crippen LogP contribution < -0.4 is 0 Å². The molecule has 2 aromatic carbocycles. The summed E-state index contributed by atoms with van der Waals surface area (Å²) in [5.74, 6) is 0.340. The average Bonchev–Trinajstić information content (AvgIpc) is 2.46. The van der Waals surface area contributed by atoms with Gasteiger partial charge in [-0.15, -0.1) is 0 Å². The fraction of sp³-hybridized carbons (Fsp3) is 0.294. The summed E-state index contributed by atoms with van der Waals surface area (Å²) in [5, 5.41) is 0. The highest BCUT2D eigenvalue weighted by Crippen LogP contribution is 2.42. The lowest BCUT2D eigenvalue weighted by Gasteiger charge is -2.45. The molecule has 0 radical (unpaired) electrons. The van der Waals surface area contributed by atoms with Gasteiger partial charge in [-0.25, -0.2) is 8.42 Å². The fourth-order valence-electron chi connectivity index (χ4n) is 2.88. The molecule has 0 saturated carbocycles. The SMILES string of the molecule is Cc1ccc(S(=O)(=O)N2CC(C)[C@@H]2c2ccccc2)cc1. The molecule has 2 aromatic rings. The van der Waals surface area contributed by atoms with E-state index in [-0.39, 0.29) is 6.04 Å².